The highest BCUT2D eigenvalue weighted by atomic mass is 79.9. The molecule has 0 aliphatic rings. The second-order valence-electron chi connectivity index (χ2n) is 7.60. The maximum Gasteiger partial charge on any atom is 0.336 e. The van der Waals surface area contributed by atoms with Gasteiger partial charge in [0, 0.05) is 41.3 Å². The van der Waals surface area contributed by atoms with E-state index >= 15 is 0 Å². The van der Waals surface area contributed by atoms with Gasteiger partial charge in [-0.25, -0.2) is 19.2 Å². The number of carboxylic acids is 4. The number of hydrogen-bond donors (Lipinski definition) is 4. The molecule has 0 atom stereocenters. The van der Waals surface area contributed by atoms with Crippen LogP contribution < -0.4 is 0 Å². The molecule has 0 radical (unpaired) electrons. The van der Waals surface area contributed by atoms with E-state index in [4.69, 9.17) is 0 Å². The maximum absolute atomic E-state index is 12.1. The van der Waals surface area contributed by atoms with Crippen LogP contribution in [0.4, 0.5) is 0 Å². The molecule has 0 amide bonds. The van der Waals surface area contributed by atoms with Gasteiger partial charge in [0.05, 0.1) is 22.3 Å². The molecule has 0 bridgehead atoms. The number of rotatable bonds is 4. The van der Waals surface area contributed by atoms with Gasteiger partial charge in [-0.1, -0.05) is 44.0 Å². The molecular weight excluding hydrogens is 576 g/mol. The maximum atomic E-state index is 12.1. The van der Waals surface area contributed by atoms with Crippen LogP contribution in [0.5, 0.6) is 0 Å². The summed E-state index contributed by atoms with van der Waals surface area (Å²) in [6.07, 6.45) is 0. The number of aromatic carboxylic acids is 4. The van der Waals surface area contributed by atoms with E-state index in [0.717, 1.165) is 0 Å². The molecule has 0 heterocycles. The van der Waals surface area contributed by atoms with E-state index in [9.17, 15) is 39.6 Å². The average molecular weight is 586 g/mol. The summed E-state index contributed by atoms with van der Waals surface area (Å²) in [5.74, 6) is -5.24. The minimum absolute atomic E-state index is 0.0195. The summed E-state index contributed by atoms with van der Waals surface area (Å²) in [6, 6.07) is 8.22. The summed E-state index contributed by atoms with van der Waals surface area (Å²) < 4.78 is 0.682. The molecule has 5 rings (SSSR count). The Hall–Kier alpha value is -3.76. The van der Waals surface area contributed by atoms with Crippen molar-refractivity contribution < 1.29 is 39.6 Å². The first-order chi connectivity index (χ1) is 16.0. The van der Waals surface area contributed by atoms with Crippen molar-refractivity contribution in [3.05, 3.63) is 67.6 Å². The Balaban J connectivity index is 2.25. The molecule has 5 aromatic carbocycles. The van der Waals surface area contributed by atoms with Crippen LogP contribution in [0.25, 0.3) is 43.1 Å². The Morgan fingerprint density at radius 1 is 0.471 bits per heavy atom. The monoisotopic (exact) mass is 584 g/mol. The van der Waals surface area contributed by atoms with E-state index in [1.807, 2.05) is 0 Å². The first-order valence-corrected chi connectivity index (χ1v) is 11.2. The lowest BCUT2D eigenvalue weighted by Crippen LogP contribution is -2.07. The fraction of sp³-hybridized carbons (Fsp3) is 0. The molecule has 168 valence electrons. The lowest BCUT2D eigenvalue weighted by Gasteiger charge is -2.20. The quantitative estimate of drug-likeness (QED) is 0.147. The Kier molecular flexibility index (Phi) is 4.78. The molecule has 10 heteroatoms. The van der Waals surface area contributed by atoms with Gasteiger partial charge in [0.1, 0.15) is 0 Å². The van der Waals surface area contributed by atoms with Crippen LogP contribution in [0, 0.1) is 0 Å². The van der Waals surface area contributed by atoms with Crippen molar-refractivity contribution in [2.24, 2.45) is 0 Å². The first kappa shape index (κ1) is 22.1. The molecule has 8 nitrogen and oxygen atoms in total. The van der Waals surface area contributed by atoms with E-state index in [1.54, 1.807) is 0 Å². The van der Waals surface area contributed by atoms with Crippen LogP contribution in [0.3, 0.4) is 0 Å². The highest BCUT2D eigenvalue weighted by Crippen LogP contribution is 2.48. The summed E-state index contributed by atoms with van der Waals surface area (Å²) in [6.45, 7) is 0. The first-order valence-electron chi connectivity index (χ1n) is 9.56. The van der Waals surface area contributed by atoms with E-state index in [1.165, 1.54) is 36.4 Å². The van der Waals surface area contributed by atoms with Gasteiger partial charge in [-0.15, -0.1) is 0 Å². The molecule has 0 saturated carbocycles. The van der Waals surface area contributed by atoms with Crippen LogP contribution in [-0.2, 0) is 0 Å². The van der Waals surface area contributed by atoms with Gasteiger partial charge >= 0.3 is 23.9 Å². The van der Waals surface area contributed by atoms with Crippen molar-refractivity contribution in [3.63, 3.8) is 0 Å². The Morgan fingerprint density at radius 3 is 1.09 bits per heavy atom. The van der Waals surface area contributed by atoms with Crippen molar-refractivity contribution in [1.29, 1.82) is 0 Å². The SMILES string of the molecule is O=C(O)c1ccc2c3c(Br)cc(C(=O)O)c4c(C(=O)O)ccc(c5c(Br)cc(C(=O)O)c1c25)c43. The number of carboxylic acid groups (broad SMARTS) is 4. The Labute approximate surface area is 205 Å². The largest absolute Gasteiger partial charge is 0.478 e. The van der Waals surface area contributed by atoms with Crippen molar-refractivity contribution in [1.82, 2.24) is 0 Å². The van der Waals surface area contributed by atoms with Crippen LogP contribution in [-0.4, -0.2) is 44.3 Å². The molecule has 0 unspecified atom stereocenters. The van der Waals surface area contributed by atoms with Crippen molar-refractivity contribution in [2.75, 3.05) is 0 Å². The second kappa shape index (κ2) is 7.37. The van der Waals surface area contributed by atoms with E-state index in [0.29, 0.717) is 41.3 Å². The number of halogens is 2. The zero-order chi connectivity index (χ0) is 24.6. The van der Waals surface area contributed by atoms with Crippen LogP contribution in [0.1, 0.15) is 41.4 Å². The number of fused-ring (bicyclic) bond motifs is 2. The average Bonchev–Trinajstić information content (AvgIpc) is 2.77. The van der Waals surface area contributed by atoms with Crippen LogP contribution in [0.2, 0.25) is 0 Å². The lowest BCUT2D eigenvalue weighted by atomic mass is 9.84. The molecule has 0 aromatic heterocycles. The van der Waals surface area contributed by atoms with E-state index in [2.05, 4.69) is 31.9 Å². The fourth-order valence-electron chi connectivity index (χ4n) is 4.70. The smallest absolute Gasteiger partial charge is 0.336 e. The molecule has 0 fully saturated rings. The van der Waals surface area contributed by atoms with Gasteiger partial charge in [-0.2, -0.15) is 0 Å². The van der Waals surface area contributed by atoms with Gasteiger partial charge in [0.2, 0.25) is 0 Å². The van der Waals surface area contributed by atoms with Crippen LogP contribution >= 0.6 is 31.9 Å². The molecule has 0 saturated heterocycles. The summed E-state index contributed by atoms with van der Waals surface area (Å²) in [5, 5.41) is 41.8. The summed E-state index contributed by atoms with van der Waals surface area (Å²) >= 11 is 6.80. The predicted octanol–water partition coefficient (Wildman–Crippen LogP) is 6.06. The van der Waals surface area contributed by atoms with Gasteiger partial charge in [0.15, 0.2) is 0 Å². The third-order valence-corrected chi connectivity index (χ3v) is 7.18. The fourth-order valence-corrected chi connectivity index (χ4v) is 5.98. The van der Waals surface area contributed by atoms with Crippen molar-refractivity contribution in [3.8, 4) is 0 Å². The van der Waals surface area contributed by atoms with Gasteiger partial charge in [0.25, 0.3) is 0 Å². The minimum atomic E-state index is -1.32. The second-order valence-corrected chi connectivity index (χ2v) is 9.31. The summed E-state index contributed by atoms with van der Waals surface area (Å²) in [4.78, 5) is 48.1. The molecule has 34 heavy (non-hydrogen) atoms. The molecule has 4 N–H and O–H groups in total. The van der Waals surface area contributed by atoms with Gasteiger partial charge in [-0.05, 0) is 35.0 Å². The minimum Gasteiger partial charge on any atom is -0.478 e. The zero-order valence-corrected chi connectivity index (χ0v) is 19.8. The highest BCUT2D eigenvalue weighted by molar-refractivity contribution is 9.11. The third kappa shape index (κ3) is 2.82. The standard InChI is InChI=1S/C24H10Br2O8/c25-13-5-12(24(33)34)16-10(22(29)30)4-2-8-18-14(26)6-11(23(31)32)15-9(21(27)28)3-1-7(19(15)18)17(13)20(8)16/h1-6H,(H,27,28)(H,29,30)(H,31,32)(H,33,34). The highest BCUT2D eigenvalue weighted by Gasteiger charge is 2.28. The number of benzene rings is 5. The van der Waals surface area contributed by atoms with Gasteiger partial charge in [-0.3, -0.25) is 0 Å². The molecule has 0 spiro atoms. The zero-order valence-electron chi connectivity index (χ0n) is 16.6. The van der Waals surface area contributed by atoms with E-state index < -0.39 is 23.9 Å². The van der Waals surface area contributed by atoms with Gasteiger partial charge < -0.3 is 20.4 Å². The topological polar surface area (TPSA) is 149 Å². The lowest BCUT2D eigenvalue weighted by molar-refractivity contribution is 0.0681. The van der Waals surface area contributed by atoms with Crippen LogP contribution in [0.15, 0.2) is 45.3 Å². The van der Waals surface area contributed by atoms with Crippen molar-refractivity contribution >= 4 is 98.8 Å². The van der Waals surface area contributed by atoms with E-state index in [-0.39, 0.29) is 33.0 Å². The number of hydrogen-bond acceptors (Lipinski definition) is 4. The third-order valence-electron chi connectivity index (χ3n) is 5.93. The molecule has 0 aliphatic heterocycles. The van der Waals surface area contributed by atoms with Crippen molar-refractivity contribution in [2.45, 2.75) is 0 Å². The molecule has 0 aliphatic carbocycles. The normalized spacial score (nSPS) is 11.6. The number of carbonyl (C=O) groups is 4. The molecular formula is C24H10Br2O8. The Morgan fingerprint density at radius 2 is 0.794 bits per heavy atom. The predicted molar refractivity (Wildman–Crippen MR) is 131 cm³/mol. The molecule has 5 aromatic rings. The summed E-state index contributed by atoms with van der Waals surface area (Å²) in [5.41, 5.74) is -0.843. The Bertz CT molecular complexity index is 1660. The summed E-state index contributed by atoms with van der Waals surface area (Å²) in [7, 11) is 0.